The zero-order valence-electron chi connectivity index (χ0n) is 12.5. The van der Waals surface area contributed by atoms with E-state index in [0.29, 0.717) is 5.25 Å². The molecule has 3 nitrogen and oxygen atoms in total. The van der Waals surface area contributed by atoms with E-state index in [4.69, 9.17) is 0 Å². The molecule has 0 radical (unpaired) electrons. The van der Waals surface area contributed by atoms with Crippen LogP contribution in [0.2, 0.25) is 0 Å². The molecule has 0 heterocycles. The Morgan fingerprint density at radius 2 is 1.89 bits per heavy atom. The van der Waals surface area contributed by atoms with Gasteiger partial charge < -0.3 is 10.6 Å². The molecule has 1 unspecified atom stereocenters. The molecule has 0 aromatic heterocycles. The highest BCUT2D eigenvalue weighted by atomic mass is 32.2. The summed E-state index contributed by atoms with van der Waals surface area (Å²) in [4.78, 5) is 5.54. The second kappa shape index (κ2) is 7.43. The number of benzene rings is 1. The average Bonchev–Trinajstić information content (AvgIpc) is 2.34. The number of aliphatic imine (C=N–C) groups is 1. The standard InChI is InChI=1S/C15H25N3S/c1-12(19-13-9-7-6-8-10-13)11-17-14(16-5)18-15(2,3)4/h6-10,12H,11H2,1-5H3,(H2,16,17,18). The summed E-state index contributed by atoms with van der Waals surface area (Å²) in [6.45, 7) is 9.48. The van der Waals surface area contributed by atoms with Crippen molar-refractivity contribution < 1.29 is 0 Å². The first-order valence-corrected chi connectivity index (χ1v) is 7.49. The van der Waals surface area contributed by atoms with Crippen molar-refractivity contribution in [1.82, 2.24) is 10.6 Å². The van der Waals surface area contributed by atoms with E-state index in [0.717, 1.165) is 12.5 Å². The molecular formula is C15H25N3S. The average molecular weight is 279 g/mol. The van der Waals surface area contributed by atoms with Crippen LogP contribution in [0.15, 0.2) is 40.2 Å². The Kier molecular flexibility index (Phi) is 6.22. The molecule has 0 aliphatic rings. The molecule has 19 heavy (non-hydrogen) atoms. The van der Waals surface area contributed by atoms with Crippen LogP contribution in [0, 0.1) is 0 Å². The summed E-state index contributed by atoms with van der Waals surface area (Å²) in [5.41, 5.74) is 0.0255. The molecule has 0 aliphatic carbocycles. The monoisotopic (exact) mass is 279 g/mol. The van der Waals surface area contributed by atoms with Crippen LogP contribution >= 0.6 is 11.8 Å². The second-order valence-corrected chi connectivity index (χ2v) is 7.08. The van der Waals surface area contributed by atoms with E-state index >= 15 is 0 Å². The maximum absolute atomic E-state index is 4.24. The molecule has 0 spiro atoms. The SMILES string of the molecule is CN=C(NCC(C)Sc1ccccc1)NC(C)(C)C. The molecule has 1 aromatic carbocycles. The third kappa shape index (κ3) is 7.11. The molecule has 0 aliphatic heterocycles. The third-order valence-electron chi connectivity index (χ3n) is 2.35. The first-order chi connectivity index (χ1) is 8.90. The maximum atomic E-state index is 4.24. The van der Waals surface area contributed by atoms with Crippen LogP contribution in [0.1, 0.15) is 27.7 Å². The number of hydrogen-bond acceptors (Lipinski definition) is 2. The Morgan fingerprint density at radius 1 is 1.26 bits per heavy atom. The van der Waals surface area contributed by atoms with Crippen LogP contribution in [0.25, 0.3) is 0 Å². The van der Waals surface area contributed by atoms with Gasteiger partial charge in [0.15, 0.2) is 5.96 Å². The molecular weight excluding hydrogens is 254 g/mol. The number of nitrogens with zero attached hydrogens (tertiary/aromatic N) is 1. The first-order valence-electron chi connectivity index (χ1n) is 6.61. The lowest BCUT2D eigenvalue weighted by atomic mass is 10.1. The molecule has 0 amide bonds. The Labute approximate surface area is 121 Å². The van der Waals surface area contributed by atoms with E-state index < -0.39 is 0 Å². The summed E-state index contributed by atoms with van der Waals surface area (Å²) in [6, 6.07) is 10.5. The first kappa shape index (κ1) is 15.9. The van der Waals surface area contributed by atoms with Crippen molar-refractivity contribution in [3.05, 3.63) is 30.3 Å². The lowest BCUT2D eigenvalue weighted by Crippen LogP contribution is -2.48. The number of nitrogens with one attached hydrogen (secondary N) is 2. The predicted molar refractivity (Wildman–Crippen MR) is 86.0 cm³/mol. The minimum Gasteiger partial charge on any atom is -0.355 e. The summed E-state index contributed by atoms with van der Waals surface area (Å²) in [5.74, 6) is 0.855. The quantitative estimate of drug-likeness (QED) is 0.505. The Balaban J connectivity index is 2.39. The molecule has 0 saturated heterocycles. The summed E-state index contributed by atoms with van der Waals surface area (Å²) in [5, 5.41) is 7.21. The van der Waals surface area contributed by atoms with Crippen LogP contribution in [0.4, 0.5) is 0 Å². The highest BCUT2D eigenvalue weighted by molar-refractivity contribution is 8.00. The lowest BCUT2D eigenvalue weighted by Gasteiger charge is -2.24. The maximum Gasteiger partial charge on any atom is 0.191 e. The van der Waals surface area contributed by atoms with E-state index in [1.165, 1.54) is 4.90 Å². The van der Waals surface area contributed by atoms with E-state index in [2.05, 4.69) is 67.6 Å². The molecule has 4 heteroatoms. The predicted octanol–water partition coefficient (Wildman–Crippen LogP) is 3.13. The van der Waals surface area contributed by atoms with Crippen LogP contribution in [-0.2, 0) is 0 Å². The van der Waals surface area contributed by atoms with Crippen molar-refractivity contribution in [2.75, 3.05) is 13.6 Å². The Hall–Kier alpha value is -1.16. The zero-order chi connectivity index (χ0) is 14.3. The van der Waals surface area contributed by atoms with E-state index in [9.17, 15) is 0 Å². The van der Waals surface area contributed by atoms with E-state index in [-0.39, 0.29) is 5.54 Å². The lowest BCUT2D eigenvalue weighted by molar-refractivity contribution is 0.501. The van der Waals surface area contributed by atoms with E-state index in [1.807, 2.05) is 17.8 Å². The van der Waals surface area contributed by atoms with Crippen molar-refractivity contribution in [3.8, 4) is 0 Å². The summed E-state index contributed by atoms with van der Waals surface area (Å²) >= 11 is 1.87. The van der Waals surface area contributed by atoms with Gasteiger partial charge in [0.2, 0.25) is 0 Å². The molecule has 1 aromatic rings. The number of rotatable bonds is 4. The molecule has 0 bridgehead atoms. The van der Waals surface area contributed by atoms with Crippen molar-refractivity contribution in [2.24, 2.45) is 4.99 Å². The minimum atomic E-state index is 0.0255. The summed E-state index contributed by atoms with van der Waals surface area (Å²) < 4.78 is 0. The Bertz CT molecular complexity index is 396. The fourth-order valence-corrected chi connectivity index (χ4v) is 2.49. The van der Waals surface area contributed by atoms with Gasteiger partial charge in [-0.25, -0.2) is 0 Å². The zero-order valence-corrected chi connectivity index (χ0v) is 13.3. The van der Waals surface area contributed by atoms with Crippen LogP contribution in [0.5, 0.6) is 0 Å². The number of hydrogen-bond donors (Lipinski definition) is 2. The number of guanidine groups is 1. The van der Waals surface area contributed by atoms with Gasteiger partial charge in [-0.15, -0.1) is 11.8 Å². The molecule has 1 atom stereocenters. The highest BCUT2D eigenvalue weighted by Crippen LogP contribution is 2.21. The van der Waals surface area contributed by atoms with E-state index in [1.54, 1.807) is 7.05 Å². The molecule has 0 saturated carbocycles. The fraction of sp³-hybridized carbons (Fsp3) is 0.533. The smallest absolute Gasteiger partial charge is 0.191 e. The van der Waals surface area contributed by atoms with Gasteiger partial charge in [-0.05, 0) is 32.9 Å². The van der Waals surface area contributed by atoms with Gasteiger partial charge in [0.05, 0.1) is 0 Å². The van der Waals surface area contributed by atoms with Gasteiger partial charge >= 0.3 is 0 Å². The van der Waals surface area contributed by atoms with Gasteiger partial charge in [-0.2, -0.15) is 0 Å². The second-order valence-electron chi connectivity index (χ2n) is 5.57. The summed E-state index contributed by atoms with van der Waals surface area (Å²) in [7, 11) is 1.80. The van der Waals surface area contributed by atoms with Gasteiger partial charge in [0.25, 0.3) is 0 Å². The number of thioether (sulfide) groups is 1. The minimum absolute atomic E-state index is 0.0255. The largest absolute Gasteiger partial charge is 0.355 e. The Morgan fingerprint density at radius 3 is 2.42 bits per heavy atom. The van der Waals surface area contributed by atoms with Gasteiger partial charge in [0.1, 0.15) is 0 Å². The summed E-state index contributed by atoms with van der Waals surface area (Å²) in [6.07, 6.45) is 0. The fourth-order valence-electron chi connectivity index (χ4n) is 1.55. The van der Waals surface area contributed by atoms with Crippen molar-refractivity contribution in [3.63, 3.8) is 0 Å². The van der Waals surface area contributed by atoms with Crippen molar-refractivity contribution >= 4 is 17.7 Å². The third-order valence-corrected chi connectivity index (χ3v) is 3.47. The van der Waals surface area contributed by atoms with Gasteiger partial charge in [0, 0.05) is 29.3 Å². The van der Waals surface area contributed by atoms with Gasteiger partial charge in [-0.3, -0.25) is 4.99 Å². The van der Waals surface area contributed by atoms with Gasteiger partial charge in [-0.1, -0.05) is 25.1 Å². The van der Waals surface area contributed by atoms with Crippen molar-refractivity contribution in [2.45, 2.75) is 43.4 Å². The molecule has 106 valence electrons. The molecule has 0 fully saturated rings. The molecule has 2 N–H and O–H groups in total. The topological polar surface area (TPSA) is 36.4 Å². The van der Waals surface area contributed by atoms with Crippen LogP contribution in [-0.4, -0.2) is 30.3 Å². The van der Waals surface area contributed by atoms with Crippen LogP contribution in [0.3, 0.4) is 0 Å². The highest BCUT2D eigenvalue weighted by Gasteiger charge is 2.12. The van der Waals surface area contributed by atoms with Crippen molar-refractivity contribution in [1.29, 1.82) is 0 Å². The molecule has 1 rings (SSSR count). The van der Waals surface area contributed by atoms with Crippen LogP contribution < -0.4 is 10.6 Å². The normalized spacial score (nSPS) is 14.1.